The number of methoxy groups -OCH3 is 1. The van der Waals surface area contributed by atoms with E-state index < -0.39 is 5.97 Å². The molecule has 0 saturated heterocycles. The van der Waals surface area contributed by atoms with E-state index in [0.29, 0.717) is 22.6 Å². The number of benzene rings is 2. The number of hydrogen-bond donors (Lipinski definition) is 1. The van der Waals surface area contributed by atoms with E-state index in [2.05, 4.69) is 9.97 Å². The standard InChI is InChI=1S/C19H14N2O3/c1-23-12-6-8-13(9-7-12)24-19(22)15-10-11-20-17-14-4-2-3-5-16(14)21-18(15)17/h2-11,21H,1H3. The van der Waals surface area contributed by atoms with Gasteiger partial charge in [-0.3, -0.25) is 4.98 Å². The Hall–Kier alpha value is -3.34. The molecule has 0 radical (unpaired) electrons. The Balaban J connectivity index is 1.73. The number of para-hydroxylation sites is 1. The molecule has 118 valence electrons. The van der Waals surface area contributed by atoms with Gasteiger partial charge in [-0.05, 0) is 36.4 Å². The lowest BCUT2D eigenvalue weighted by molar-refractivity contribution is 0.0736. The van der Waals surface area contributed by atoms with Gasteiger partial charge in [0, 0.05) is 17.1 Å². The van der Waals surface area contributed by atoms with Crippen LogP contribution < -0.4 is 9.47 Å². The minimum atomic E-state index is -0.431. The van der Waals surface area contributed by atoms with Crippen molar-refractivity contribution in [3.8, 4) is 11.5 Å². The third-order valence-corrected chi connectivity index (χ3v) is 3.88. The van der Waals surface area contributed by atoms with E-state index in [1.807, 2.05) is 24.3 Å². The van der Waals surface area contributed by atoms with Crippen molar-refractivity contribution in [3.05, 3.63) is 66.4 Å². The molecule has 0 aliphatic carbocycles. The van der Waals surface area contributed by atoms with Crippen LogP contribution in [0.4, 0.5) is 0 Å². The summed E-state index contributed by atoms with van der Waals surface area (Å²) in [6.07, 6.45) is 1.62. The maximum absolute atomic E-state index is 12.6. The second kappa shape index (κ2) is 5.70. The number of esters is 1. The molecule has 1 N–H and O–H groups in total. The van der Waals surface area contributed by atoms with Crippen molar-refractivity contribution in [3.63, 3.8) is 0 Å². The third kappa shape index (κ3) is 2.36. The largest absolute Gasteiger partial charge is 0.497 e. The Morgan fingerprint density at radius 1 is 1.00 bits per heavy atom. The summed E-state index contributed by atoms with van der Waals surface area (Å²) < 4.78 is 10.6. The molecule has 0 atom stereocenters. The Kier molecular flexibility index (Phi) is 3.39. The van der Waals surface area contributed by atoms with E-state index in [-0.39, 0.29) is 0 Å². The smallest absolute Gasteiger partial charge is 0.345 e. The van der Waals surface area contributed by atoms with Crippen LogP contribution in [-0.2, 0) is 0 Å². The van der Waals surface area contributed by atoms with Gasteiger partial charge in [-0.2, -0.15) is 0 Å². The van der Waals surface area contributed by atoms with Crippen LogP contribution in [0.15, 0.2) is 60.8 Å². The SMILES string of the molecule is COc1ccc(OC(=O)c2ccnc3c2[nH]c2ccccc23)cc1. The summed E-state index contributed by atoms with van der Waals surface area (Å²) >= 11 is 0. The molecule has 5 heteroatoms. The zero-order valence-corrected chi connectivity index (χ0v) is 12.9. The van der Waals surface area contributed by atoms with E-state index >= 15 is 0 Å². The molecule has 4 aromatic rings. The quantitative estimate of drug-likeness (QED) is 0.459. The van der Waals surface area contributed by atoms with Gasteiger partial charge in [-0.15, -0.1) is 0 Å². The summed E-state index contributed by atoms with van der Waals surface area (Å²) in [7, 11) is 1.59. The lowest BCUT2D eigenvalue weighted by Crippen LogP contribution is -2.09. The van der Waals surface area contributed by atoms with Gasteiger partial charge >= 0.3 is 5.97 Å². The lowest BCUT2D eigenvalue weighted by Gasteiger charge is -2.06. The number of aromatic amines is 1. The van der Waals surface area contributed by atoms with Crippen molar-refractivity contribution in [2.45, 2.75) is 0 Å². The van der Waals surface area contributed by atoms with E-state index in [4.69, 9.17) is 9.47 Å². The molecule has 0 bridgehead atoms. The summed E-state index contributed by atoms with van der Waals surface area (Å²) in [5, 5.41) is 0.978. The molecule has 4 rings (SSSR count). The second-order valence-electron chi connectivity index (χ2n) is 5.32. The van der Waals surface area contributed by atoms with Crippen LogP contribution in [-0.4, -0.2) is 23.0 Å². The van der Waals surface area contributed by atoms with E-state index in [0.717, 1.165) is 16.4 Å². The number of rotatable bonds is 3. The average Bonchev–Trinajstić information content (AvgIpc) is 3.01. The number of aromatic nitrogens is 2. The molecule has 0 fully saturated rings. The van der Waals surface area contributed by atoms with Gasteiger partial charge in [0.25, 0.3) is 0 Å². The van der Waals surface area contributed by atoms with Crippen LogP contribution in [0.3, 0.4) is 0 Å². The first-order valence-electron chi connectivity index (χ1n) is 7.48. The van der Waals surface area contributed by atoms with E-state index in [1.165, 1.54) is 0 Å². The van der Waals surface area contributed by atoms with Crippen LogP contribution in [0.2, 0.25) is 0 Å². The van der Waals surface area contributed by atoms with Crippen LogP contribution >= 0.6 is 0 Å². The van der Waals surface area contributed by atoms with E-state index in [9.17, 15) is 4.79 Å². The Bertz CT molecular complexity index is 1040. The highest BCUT2D eigenvalue weighted by molar-refractivity contribution is 6.12. The molecule has 0 spiro atoms. The molecular weight excluding hydrogens is 304 g/mol. The van der Waals surface area contributed by atoms with Crippen LogP contribution in [0.25, 0.3) is 21.9 Å². The van der Waals surface area contributed by atoms with Gasteiger partial charge in [-0.1, -0.05) is 18.2 Å². The fourth-order valence-electron chi connectivity index (χ4n) is 2.70. The summed E-state index contributed by atoms with van der Waals surface area (Å²) in [6, 6.07) is 16.3. The Labute approximate surface area is 137 Å². The first-order valence-corrected chi connectivity index (χ1v) is 7.48. The predicted molar refractivity (Wildman–Crippen MR) is 91.6 cm³/mol. The molecule has 2 aromatic heterocycles. The summed E-state index contributed by atoms with van der Waals surface area (Å²) in [6.45, 7) is 0. The zero-order valence-electron chi connectivity index (χ0n) is 12.9. The van der Waals surface area contributed by atoms with Crippen molar-refractivity contribution >= 4 is 27.9 Å². The Morgan fingerprint density at radius 3 is 2.54 bits per heavy atom. The lowest BCUT2D eigenvalue weighted by atomic mass is 10.2. The maximum Gasteiger partial charge on any atom is 0.345 e. The van der Waals surface area contributed by atoms with Gasteiger partial charge in [-0.25, -0.2) is 4.79 Å². The minimum Gasteiger partial charge on any atom is -0.497 e. The van der Waals surface area contributed by atoms with E-state index in [1.54, 1.807) is 43.6 Å². The normalized spacial score (nSPS) is 10.9. The topological polar surface area (TPSA) is 64.2 Å². The van der Waals surface area contributed by atoms with Crippen molar-refractivity contribution in [2.24, 2.45) is 0 Å². The molecule has 0 saturated carbocycles. The summed E-state index contributed by atoms with van der Waals surface area (Å²) in [4.78, 5) is 20.2. The first kappa shape index (κ1) is 14.3. The molecule has 0 aliphatic heterocycles. The Morgan fingerprint density at radius 2 is 1.75 bits per heavy atom. The zero-order chi connectivity index (χ0) is 16.5. The average molecular weight is 318 g/mol. The highest BCUT2D eigenvalue weighted by Crippen LogP contribution is 2.26. The predicted octanol–water partition coefficient (Wildman–Crippen LogP) is 3.94. The van der Waals surface area contributed by atoms with Crippen molar-refractivity contribution < 1.29 is 14.3 Å². The van der Waals surface area contributed by atoms with Crippen molar-refractivity contribution in [1.82, 2.24) is 9.97 Å². The fourth-order valence-corrected chi connectivity index (χ4v) is 2.70. The molecule has 0 amide bonds. The second-order valence-corrected chi connectivity index (χ2v) is 5.32. The number of fused-ring (bicyclic) bond motifs is 3. The monoisotopic (exact) mass is 318 g/mol. The van der Waals surface area contributed by atoms with Crippen LogP contribution in [0.1, 0.15) is 10.4 Å². The molecule has 2 aromatic carbocycles. The molecular formula is C19H14N2O3. The number of nitrogens with one attached hydrogen (secondary N) is 1. The number of hydrogen-bond acceptors (Lipinski definition) is 4. The minimum absolute atomic E-state index is 0.431. The van der Waals surface area contributed by atoms with Crippen molar-refractivity contribution in [1.29, 1.82) is 0 Å². The fraction of sp³-hybridized carbons (Fsp3) is 0.0526. The molecule has 2 heterocycles. The van der Waals surface area contributed by atoms with Crippen LogP contribution in [0, 0.1) is 0 Å². The van der Waals surface area contributed by atoms with Crippen molar-refractivity contribution in [2.75, 3.05) is 7.11 Å². The van der Waals surface area contributed by atoms with Gasteiger partial charge in [0.1, 0.15) is 11.5 Å². The van der Waals surface area contributed by atoms with Gasteiger partial charge in [0.15, 0.2) is 0 Å². The number of ether oxygens (including phenoxy) is 2. The van der Waals surface area contributed by atoms with Gasteiger partial charge in [0.2, 0.25) is 0 Å². The summed E-state index contributed by atoms with van der Waals surface area (Å²) in [5.74, 6) is 0.734. The van der Waals surface area contributed by atoms with Gasteiger partial charge < -0.3 is 14.5 Å². The highest BCUT2D eigenvalue weighted by atomic mass is 16.5. The van der Waals surface area contributed by atoms with Crippen LogP contribution in [0.5, 0.6) is 11.5 Å². The molecule has 5 nitrogen and oxygen atoms in total. The molecule has 0 aliphatic rings. The maximum atomic E-state index is 12.6. The highest BCUT2D eigenvalue weighted by Gasteiger charge is 2.16. The molecule has 24 heavy (non-hydrogen) atoms. The number of carbonyl (C=O) groups is 1. The number of carbonyl (C=O) groups excluding carboxylic acids is 1. The first-order chi connectivity index (χ1) is 11.8. The number of pyridine rings is 1. The third-order valence-electron chi connectivity index (χ3n) is 3.88. The molecule has 0 unspecified atom stereocenters. The van der Waals surface area contributed by atoms with Gasteiger partial charge in [0.05, 0.1) is 23.7 Å². The number of nitrogens with zero attached hydrogens (tertiary/aromatic N) is 1. The number of H-pyrrole nitrogens is 1. The summed E-state index contributed by atoms with van der Waals surface area (Å²) in [5.41, 5.74) is 2.82.